The van der Waals surface area contributed by atoms with Gasteiger partial charge in [0.25, 0.3) is 11.8 Å². The lowest BCUT2D eigenvalue weighted by atomic mass is 9.93. The molecule has 304 valence electrons. The van der Waals surface area contributed by atoms with Crippen LogP contribution in [-0.4, -0.2) is 42.9 Å². The number of benzene rings is 3. The first kappa shape index (κ1) is 44.4. The van der Waals surface area contributed by atoms with Crippen molar-refractivity contribution < 1.29 is 85.4 Å². The summed E-state index contributed by atoms with van der Waals surface area (Å²) in [6.07, 6.45) is -17.9. The minimum absolute atomic E-state index is 0.0405. The molecule has 2 amide bonds. The van der Waals surface area contributed by atoms with Crippen LogP contribution in [0.25, 0.3) is 0 Å². The number of ether oxygens (including phenoxy) is 1. The number of nitrogens with zero attached hydrogens (tertiary/aromatic N) is 1. The highest BCUT2D eigenvalue weighted by molar-refractivity contribution is 14.1. The van der Waals surface area contributed by atoms with Crippen molar-refractivity contribution in [1.29, 1.82) is 0 Å². The number of carbonyl (C=O) groups excluding carboxylic acids is 3. The number of nitrogens with one attached hydrogen (secondary N) is 1. The van der Waals surface area contributed by atoms with E-state index in [1.54, 1.807) is 5.32 Å². The number of anilines is 2. The van der Waals surface area contributed by atoms with E-state index >= 15 is 4.39 Å². The SMILES string of the molecule is CC1(C)C(C=C(Cl)C(F)(F)F)C1C(=O)ON(C(=O)c1ccc(F)cc1)c1cccc(C(=O)Nc2c(I)cc(C(F)(C(F)(F)F)C(F)(F)F)cc2OC(F)F)c1F. The average molecular weight is 953 g/mol. The summed E-state index contributed by atoms with van der Waals surface area (Å²) in [6, 6.07) is 4.95. The summed E-state index contributed by atoms with van der Waals surface area (Å²) in [5, 5.41) is 0.121. The fraction of sp³-hybridized carbons (Fsp3) is 0.303. The van der Waals surface area contributed by atoms with Crippen LogP contribution in [0.5, 0.6) is 5.75 Å². The minimum atomic E-state index is -6.69. The maximum absolute atomic E-state index is 16.2. The standard InChI is InChI=1S/C33H20ClF14IN2O5/c1-29(2)17(12-21(34)31(40,41)42)22(29)27(54)56-51(26(53)13-6-8-15(35)9-7-13)19-5-3-4-16(23(19)36)25(52)50-24-18(49)10-14(11-20(24)55-28(37)38)30(39,32(43,44)45)33(46,47)48/h3-12,17,22,28H,1-2H3,(H,50,52). The van der Waals surface area contributed by atoms with Gasteiger partial charge >= 0.3 is 36.8 Å². The molecule has 56 heavy (non-hydrogen) atoms. The summed E-state index contributed by atoms with van der Waals surface area (Å²) in [7, 11) is 0. The zero-order chi connectivity index (χ0) is 42.5. The molecule has 1 saturated carbocycles. The topological polar surface area (TPSA) is 84.9 Å². The molecule has 23 heteroatoms. The molecule has 7 nitrogen and oxygen atoms in total. The second-order valence-corrected chi connectivity index (χ2v) is 13.9. The number of allylic oxidation sites excluding steroid dienone is 2. The third-order valence-corrected chi connectivity index (χ3v) is 9.54. The molecule has 2 atom stereocenters. The van der Waals surface area contributed by atoms with Crippen molar-refractivity contribution in [3.8, 4) is 5.75 Å². The number of hydrogen-bond donors (Lipinski definition) is 1. The molecule has 0 aromatic heterocycles. The molecule has 3 aromatic carbocycles. The number of amides is 2. The molecule has 0 spiro atoms. The zero-order valence-electron chi connectivity index (χ0n) is 27.5. The molecular formula is C33H20ClF14IN2O5. The molecule has 0 saturated heterocycles. The molecule has 1 aliphatic carbocycles. The molecule has 1 aliphatic rings. The van der Waals surface area contributed by atoms with E-state index in [2.05, 4.69) is 4.74 Å². The Morgan fingerprint density at radius 3 is 2.00 bits per heavy atom. The van der Waals surface area contributed by atoms with E-state index in [9.17, 15) is 71.5 Å². The third-order valence-electron chi connectivity index (χ3n) is 8.35. The predicted octanol–water partition coefficient (Wildman–Crippen LogP) is 10.8. The Kier molecular flexibility index (Phi) is 12.3. The highest BCUT2D eigenvalue weighted by Gasteiger charge is 2.73. The normalized spacial score (nSPS) is 17.4. The van der Waals surface area contributed by atoms with Crippen LogP contribution < -0.4 is 15.1 Å². The van der Waals surface area contributed by atoms with Crippen molar-refractivity contribution >= 4 is 63.4 Å². The Balaban J connectivity index is 1.78. The summed E-state index contributed by atoms with van der Waals surface area (Å²) in [5.41, 5.74) is -13.5. The number of hydrogen-bond acceptors (Lipinski definition) is 5. The van der Waals surface area contributed by atoms with Crippen molar-refractivity contribution in [3.05, 3.63) is 97.6 Å². The second kappa shape index (κ2) is 15.5. The lowest BCUT2D eigenvalue weighted by molar-refractivity contribution is -0.348. The zero-order valence-corrected chi connectivity index (χ0v) is 30.5. The lowest BCUT2D eigenvalue weighted by Crippen LogP contribution is -2.50. The van der Waals surface area contributed by atoms with E-state index in [4.69, 9.17) is 16.4 Å². The van der Waals surface area contributed by atoms with E-state index in [0.717, 1.165) is 59.0 Å². The number of rotatable bonds is 9. The largest absolute Gasteiger partial charge is 0.435 e. The fourth-order valence-corrected chi connectivity index (χ4v) is 6.23. The summed E-state index contributed by atoms with van der Waals surface area (Å²) in [6.45, 7) is -1.32. The van der Waals surface area contributed by atoms with E-state index in [-0.39, 0.29) is 11.1 Å². The Morgan fingerprint density at radius 1 is 0.911 bits per heavy atom. The summed E-state index contributed by atoms with van der Waals surface area (Å²) >= 11 is 6.26. The molecule has 3 aromatic rings. The lowest BCUT2D eigenvalue weighted by Gasteiger charge is -2.31. The molecule has 0 heterocycles. The Bertz CT molecular complexity index is 2040. The van der Waals surface area contributed by atoms with E-state index < -0.39 is 126 Å². The number of alkyl halides is 12. The molecule has 0 radical (unpaired) electrons. The van der Waals surface area contributed by atoms with Gasteiger partial charge in [-0.3, -0.25) is 9.59 Å². The smallest absolute Gasteiger partial charge is 0.433 e. The van der Waals surface area contributed by atoms with Crippen molar-refractivity contribution in [2.45, 2.75) is 44.7 Å². The van der Waals surface area contributed by atoms with Crippen molar-refractivity contribution in [2.75, 3.05) is 10.4 Å². The van der Waals surface area contributed by atoms with E-state index in [1.807, 2.05) is 0 Å². The first-order valence-electron chi connectivity index (χ1n) is 15.0. The van der Waals surface area contributed by atoms with Gasteiger partial charge in [0.1, 0.15) is 16.5 Å². The highest BCUT2D eigenvalue weighted by Crippen LogP contribution is 2.61. The van der Waals surface area contributed by atoms with Crippen LogP contribution in [0, 0.1) is 32.5 Å². The quantitative estimate of drug-likeness (QED) is 0.131. The van der Waals surface area contributed by atoms with Gasteiger partial charge < -0.3 is 14.9 Å². The average Bonchev–Trinajstić information content (AvgIpc) is 3.61. The van der Waals surface area contributed by atoms with Gasteiger partial charge in [0.2, 0.25) is 0 Å². The third kappa shape index (κ3) is 8.79. The maximum atomic E-state index is 16.2. The van der Waals surface area contributed by atoms with Gasteiger partial charge in [0.05, 0.1) is 17.2 Å². The van der Waals surface area contributed by atoms with Gasteiger partial charge in [0.15, 0.2) is 11.6 Å². The van der Waals surface area contributed by atoms with Crippen LogP contribution in [0.4, 0.5) is 72.8 Å². The van der Waals surface area contributed by atoms with Crippen LogP contribution in [-0.2, 0) is 15.3 Å². The maximum Gasteiger partial charge on any atom is 0.435 e. The van der Waals surface area contributed by atoms with E-state index in [1.165, 1.54) is 13.8 Å². The monoisotopic (exact) mass is 952 g/mol. The fourth-order valence-electron chi connectivity index (χ4n) is 5.36. The van der Waals surface area contributed by atoms with Gasteiger partial charge in [-0.1, -0.05) is 37.6 Å². The van der Waals surface area contributed by atoms with Gasteiger partial charge in [-0.2, -0.15) is 48.3 Å². The molecule has 2 unspecified atom stereocenters. The second-order valence-electron chi connectivity index (χ2n) is 12.3. The van der Waals surface area contributed by atoms with Gasteiger partial charge in [-0.05, 0) is 82.5 Å². The number of halogens is 16. The van der Waals surface area contributed by atoms with Crippen LogP contribution in [0.1, 0.15) is 40.1 Å². The summed E-state index contributed by atoms with van der Waals surface area (Å²) in [4.78, 5) is 45.4. The van der Waals surface area contributed by atoms with Crippen LogP contribution in [0.3, 0.4) is 0 Å². The van der Waals surface area contributed by atoms with Crippen molar-refractivity contribution in [3.63, 3.8) is 0 Å². The highest BCUT2D eigenvalue weighted by atomic mass is 127. The van der Waals surface area contributed by atoms with Gasteiger partial charge in [0, 0.05) is 14.7 Å². The van der Waals surface area contributed by atoms with Crippen LogP contribution >= 0.6 is 34.2 Å². The molecule has 1 fully saturated rings. The minimum Gasteiger partial charge on any atom is -0.433 e. The van der Waals surface area contributed by atoms with Crippen molar-refractivity contribution in [1.82, 2.24) is 0 Å². The van der Waals surface area contributed by atoms with E-state index in [0.29, 0.717) is 12.1 Å². The Labute approximate surface area is 323 Å². The van der Waals surface area contributed by atoms with Crippen molar-refractivity contribution in [2.24, 2.45) is 17.3 Å². The molecular weight excluding hydrogens is 933 g/mol. The first-order valence-corrected chi connectivity index (χ1v) is 16.5. The number of carbonyl (C=O) groups is 3. The molecule has 0 aliphatic heterocycles. The molecule has 4 rings (SSSR count). The summed E-state index contributed by atoms with van der Waals surface area (Å²) < 4.78 is 194. The van der Waals surface area contributed by atoms with Crippen LogP contribution in [0.15, 0.2) is 65.7 Å². The molecule has 0 bridgehead atoms. The van der Waals surface area contributed by atoms with Gasteiger partial charge in [-0.15, -0.1) is 5.06 Å². The van der Waals surface area contributed by atoms with Gasteiger partial charge in [-0.25, -0.2) is 18.0 Å². The summed E-state index contributed by atoms with van der Waals surface area (Å²) in [5.74, 6) is -11.5. The Hall–Kier alpha value is -4.35. The number of hydroxylamine groups is 1. The Morgan fingerprint density at radius 2 is 1.48 bits per heavy atom. The van der Waals surface area contributed by atoms with Crippen LogP contribution in [0.2, 0.25) is 0 Å². The predicted molar refractivity (Wildman–Crippen MR) is 175 cm³/mol. The molecule has 1 N–H and O–H groups in total. The first-order chi connectivity index (χ1) is 25.5.